The number of likely N-dealkylation sites (N-methyl/N-ethyl adjacent to an activating group) is 2. The molecule has 1 aromatic carbocycles. The van der Waals surface area contributed by atoms with Crippen LogP contribution in [0.3, 0.4) is 0 Å². The zero-order valence-electron chi connectivity index (χ0n) is 13.0. The summed E-state index contributed by atoms with van der Waals surface area (Å²) in [4.78, 5) is 4.91. The molecule has 1 aliphatic heterocycles. The van der Waals surface area contributed by atoms with E-state index in [0.717, 1.165) is 0 Å². The molecule has 0 N–H and O–H groups in total. The summed E-state index contributed by atoms with van der Waals surface area (Å²) in [6.07, 6.45) is 0. The molecule has 1 aliphatic rings. The molecular weight excluding hydrogens is 220 g/mol. The highest BCUT2D eigenvalue weighted by Gasteiger charge is 2.33. The Morgan fingerprint density at radius 3 is 1.17 bits per heavy atom. The van der Waals surface area contributed by atoms with Gasteiger partial charge in [-0.1, -0.05) is 0 Å². The van der Waals surface area contributed by atoms with Crippen LogP contribution in [-0.4, -0.2) is 26.2 Å². The number of hydrogen-bond donors (Lipinski definition) is 0. The predicted molar refractivity (Wildman–Crippen MR) is 81.1 cm³/mol. The average molecular weight is 246 g/mol. The number of nitrogens with zero attached hydrogens (tertiary/aromatic N) is 2. The third kappa shape index (κ3) is 1.54. The normalized spacial score (nSPS) is 23.3. The van der Waals surface area contributed by atoms with Gasteiger partial charge in [-0.05, 0) is 63.8 Å². The Morgan fingerprint density at radius 2 is 0.889 bits per heavy atom. The summed E-state index contributed by atoms with van der Waals surface area (Å²) in [6.45, 7) is 13.6. The molecule has 2 heteroatoms. The fourth-order valence-electron chi connectivity index (χ4n) is 3.19. The van der Waals surface area contributed by atoms with Crippen LogP contribution in [0.2, 0.25) is 0 Å². The minimum absolute atomic E-state index is 0.544. The first-order chi connectivity index (χ1) is 8.29. The lowest BCUT2D eigenvalue weighted by Crippen LogP contribution is -2.51. The molecule has 1 aromatic rings. The maximum absolute atomic E-state index is 2.45. The van der Waals surface area contributed by atoms with E-state index in [9.17, 15) is 0 Å². The lowest BCUT2D eigenvalue weighted by Gasteiger charge is -2.47. The van der Waals surface area contributed by atoms with E-state index in [1.165, 1.54) is 33.6 Å². The molecule has 0 fully saturated rings. The number of anilines is 2. The van der Waals surface area contributed by atoms with E-state index < -0.39 is 0 Å². The molecular formula is C16H26N2. The van der Waals surface area contributed by atoms with Crippen LogP contribution in [0.4, 0.5) is 11.4 Å². The Bertz CT molecular complexity index is 446. The number of rotatable bonds is 0. The van der Waals surface area contributed by atoms with Gasteiger partial charge in [0.25, 0.3) is 0 Å². The molecule has 2 rings (SSSR count). The molecule has 2 atom stereocenters. The van der Waals surface area contributed by atoms with Crippen LogP contribution in [0.1, 0.15) is 36.1 Å². The highest BCUT2D eigenvalue weighted by molar-refractivity contribution is 5.82. The summed E-state index contributed by atoms with van der Waals surface area (Å²) in [6, 6.07) is 1.09. The second-order valence-electron chi connectivity index (χ2n) is 5.90. The average Bonchev–Trinajstić information content (AvgIpc) is 2.35. The first-order valence-corrected chi connectivity index (χ1v) is 6.85. The molecule has 2 unspecified atom stereocenters. The highest BCUT2D eigenvalue weighted by atomic mass is 15.3. The van der Waals surface area contributed by atoms with Crippen LogP contribution in [0.5, 0.6) is 0 Å². The zero-order chi connectivity index (χ0) is 13.8. The van der Waals surface area contributed by atoms with Crippen LogP contribution in [0.15, 0.2) is 0 Å². The zero-order valence-corrected chi connectivity index (χ0v) is 13.0. The Hall–Kier alpha value is -1.18. The van der Waals surface area contributed by atoms with Crippen molar-refractivity contribution in [2.75, 3.05) is 23.9 Å². The molecule has 0 aromatic heterocycles. The van der Waals surface area contributed by atoms with E-state index in [1.54, 1.807) is 0 Å². The van der Waals surface area contributed by atoms with Crippen molar-refractivity contribution >= 4 is 11.4 Å². The van der Waals surface area contributed by atoms with E-state index in [2.05, 4.69) is 65.4 Å². The van der Waals surface area contributed by atoms with Crippen molar-refractivity contribution in [2.45, 2.75) is 53.6 Å². The molecule has 0 spiro atoms. The van der Waals surface area contributed by atoms with E-state index in [-0.39, 0.29) is 0 Å². The quantitative estimate of drug-likeness (QED) is 0.690. The Labute approximate surface area is 112 Å². The van der Waals surface area contributed by atoms with Gasteiger partial charge in [-0.25, -0.2) is 0 Å². The van der Waals surface area contributed by atoms with Crippen molar-refractivity contribution in [1.82, 2.24) is 0 Å². The summed E-state index contributed by atoms with van der Waals surface area (Å²) < 4.78 is 0. The minimum atomic E-state index is 0.544. The van der Waals surface area contributed by atoms with Crippen LogP contribution < -0.4 is 9.80 Å². The summed E-state index contributed by atoms with van der Waals surface area (Å²) in [5.74, 6) is 0. The summed E-state index contributed by atoms with van der Waals surface area (Å²) in [5.41, 5.74) is 8.58. The van der Waals surface area contributed by atoms with Crippen LogP contribution in [0.25, 0.3) is 0 Å². The lowest BCUT2D eigenvalue weighted by atomic mass is 9.90. The van der Waals surface area contributed by atoms with Crippen LogP contribution >= 0.6 is 0 Å². The van der Waals surface area contributed by atoms with Gasteiger partial charge in [-0.2, -0.15) is 0 Å². The number of benzene rings is 1. The van der Waals surface area contributed by atoms with Gasteiger partial charge in [0, 0.05) is 26.2 Å². The molecule has 100 valence electrons. The molecule has 0 radical (unpaired) electrons. The van der Waals surface area contributed by atoms with Gasteiger partial charge >= 0.3 is 0 Å². The second-order valence-corrected chi connectivity index (χ2v) is 5.90. The van der Waals surface area contributed by atoms with Gasteiger partial charge < -0.3 is 9.80 Å². The standard InChI is InChI=1S/C16H26N2/c1-9-10(2)12(4)16-15(11(9)3)17(7)13(5)14(6)18(16)8/h13-14H,1-8H3. The Balaban J connectivity index is 2.80. The van der Waals surface area contributed by atoms with Gasteiger partial charge in [-0.3, -0.25) is 0 Å². The van der Waals surface area contributed by atoms with Gasteiger partial charge in [-0.15, -0.1) is 0 Å². The predicted octanol–water partition coefficient (Wildman–Crippen LogP) is 3.58. The fourth-order valence-corrected chi connectivity index (χ4v) is 3.19. The van der Waals surface area contributed by atoms with Crippen molar-refractivity contribution in [3.8, 4) is 0 Å². The SMILES string of the molecule is Cc1c(C)c(C)c2c(c1C)N(C)C(C)C(C)N2C. The summed E-state index contributed by atoms with van der Waals surface area (Å²) in [5, 5.41) is 0. The van der Waals surface area contributed by atoms with Gasteiger partial charge in [0.1, 0.15) is 0 Å². The van der Waals surface area contributed by atoms with Crippen LogP contribution in [0, 0.1) is 27.7 Å². The minimum Gasteiger partial charge on any atom is -0.368 e. The molecule has 0 amide bonds. The van der Waals surface area contributed by atoms with Crippen molar-refractivity contribution in [3.05, 3.63) is 22.3 Å². The maximum Gasteiger partial charge on any atom is 0.0639 e. The van der Waals surface area contributed by atoms with Crippen molar-refractivity contribution in [2.24, 2.45) is 0 Å². The van der Waals surface area contributed by atoms with E-state index in [0.29, 0.717) is 12.1 Å². The highest BCUT2D eigenvalue weighted by Crippen LogP contribution is 2.44. The number of hydrogen-bond acceptors (Lipinski definition) is 2. The molecule has 18 heavy (non-hydrogen) atoms. The summed E-state index contributed by atoms with van der Waals surface area (Å²) >= 11 is 0. The van der Waals surface area contributed by atoms with Crippen molar-refractivity contribution in [1.29, 1.82) is 0 Å². The maximum atomic E-state index is 2.45. The largest absolute Gasteiger partial charge is 0.368 e. The van der Waals surface area contributed by atoms with Crippen molar-refractivity contribution in [3.63, 3.8) is 0 Å². The molecule has 1 heterocycles. The smallest absolute Gasteiger partial charge is 0.0639 e. The third-order valence-electron chi connectivity index (χ3n) is 5.25. The second kappa shape index (κ2) is 4.18. The summed E-state index contributed by atoms with van der Waals surface area (Å²) in [7, 11) is 4.46. The molecule has 0 saturated heterocycles. The van der Waals surface area contributed by atoms with Gasteiger partial charge in [0.2, 0.25) is 0 Å². The molecule has 0 saturated carbocycles. The first-order valence-electron chi connectivity index (χ1n) is 6.85. The topological polar surface area (TPSA) is 6.48 Å². The van der Waals surface area contributed by atoms with E-state index >= 15 is 0 Å². The van der Waals surface area contributed by atoms with E-state index in [1.807, 2.05) is 0 Å². The lowest BCUT2D eigenvalue weighted by molar-refractivity contribution is 0.527. The van der Waals surface area contributed by atoms with E-state index in [4.69, 9.17) is 0 Å². The Kier molecular flexibility index (Phi) is 3.08. The third-order valence-corrected chi connectivity index (χ3v) is 5.25. The molecule has 0 aliphatic carbocycles. The van der Waals surface area contributed by atoms with Gasteiger partial charge in [0.05, 0.1) is 11.4 Å². The Morgan fingerprint density at radius 1 is 0.611 bits per heavy atom. The molecule has 2 nitrogen and oxygen atoms in total. The number of fused-ring (bicyclic) bond motifs is 1. The van der Waals surface area contributed by atoms with Gasteiger partial charge in [0.15, 0.2) is 0 Å². The van der Waals surface area contributed by atoms with Crippen molar-refractivity contribution < 1.29 is 0 Å². The molecule has 0 bridgehead atoms. The fraction of sp³-hybridized carbons (Fsp3) is 0.625. The first kappa shape index (κ1) is 13.3. The monoisotopic (exact) mass is 246 g/mol. The van der Waals surface area contributed by atoms with Crippen LogP contribution in [-0.2, 0) is 0 Å².